The van der Waals surface area contributed by atoms with Gasteiger partial charge in [-0.2, -0.15) is 4.39 Å². The van der Waals surface area contributed by atoms with Gasteiger partial charge in [-0.25, -0.2) is 0 Å². The molecule has 0 saturated heterocycles. The number of para-hydroxylation sites is 1. The molecule has 0 heterocycles. The zero-order chi connectivity index (χ0) is 8.81. The number of hydrogen-bond donors (Lipinski definition) is 0. The average Bonchev–Trinajstić information content (AvgIpc) is 2.06. The van der Waals surface area contributed by atoms with Crippen LogP contribution in [0.25, 0.3) is 0 Å². The van der Waals surface area contributed by atoms with Crippen molar-refractivity contribution in [3.63, 3.8) is 0 Å². The first-order chi connectivity index (χ1) is 5.83. The number of benzene rings is 1. The highest BCUT2D eigenvalue weighted by Gasteiger charge is 2.01. The number of alkyl halides is 1. The molecule has 0 saturated carbocycles. The lowest BCUT2D eigenvalue weighted by molar-refractivity contribution is 0.122. The zero-order valence-electron chi connectivity index (χ0n) is 6.13. The van der Waals surface area contributed by atoms with Crippen LogP contribution in [0.4, 0.5) is 8.78 Å². The molecule has 1 aromatic carbocycles. The number of hydrogen-bond acceptors (Lipinski definition) is 1. The molecule has 0 spiro atoms. The van der Waals surface area contributed by atoms with Crippen LogP contribution in [0.15, 0.2) is 30.3 Å². The first-order valence-electron chi connectivity index (χ1n) is 3.30. The van der Waals surface area contributed by atoms with Crippen LogP contribution in [-0.2, 0) is 0 Å². The van der Waals surface area contributed by atoms with Gasteiger partial charge in [0.25, 0.3) is 0 Å². The Labute approximate surface area is 69.0 Å². The molecular weight excluding hydrogens is 162 g/mol. The summed E-state index contributed by atoms with van der Waals surface area (Å²) in [6.07, 6.45) is -0.967. The van der Waals surface area contributed by atoms with Gasteiger partial charge in [0, 0.05) is 5.92 Å². The minimum Gasteiger partial charge on any atom is -0.449 e. The fourth-order valence-electron chi connectivity index (χ4n) is 0.691. The van der Waals surface area contributed by atoms with Crippen molar-refractivity contribution in [2.75, 3.05) is 0 Å². The Morgan fingerprint density at radius 3 is 2.50 bits per heavy atom. The van der Waals surface area contributed by atoms with Gasteiger partial charge in [-0.3, -0.25) is 0 Å². The molecule has 0 aromatic heterocycles. The molecule has 1 nitrogen and oxygen atoms in total. The summed E-state index contributed by atoms with van der Waals surface area (Å²) in [6.45, 7) is 0. The van der Waals surface area contributed by atoms with E-state index in [1.54, 1.807) is 36.3 Å². The van der Waals surface area contributed by atoms with Gasteiger partial charge in [-0.1, -0.05) is 18.2 Å². The van der Waals surface area contributed by atoms with Gasteiger partial charge in [-0.05, 0) is 12.1 Å². The highest BCUT2D eigenvalue weighted by Crippen LogP contribution is 2.10. The van der Waals surface area contributed by atoms with Crippen molar-refractivity contribution in [1.29, 1.82) is 0 Å². The summed E-state index contributed by atoms with van der Waals surface area (Å²) in [4.78, 5) is 0. The van der Waals surface area contributed by atoms with E-state index in [-0.39, 0.29) is 0 Å². The van der Waals surface area contributed by atoms with Gasteiger partial charge < -0.3 is 4.74 Å². The predicted octanol–water partition coefficient (Wildman–Crippen LogP) is 2.29. The van der Waals surface area contributed by atoms with E-state index in [0.29, 0.717) is 5.75 Å². The lowest BCUT2D eigenvalue weighted by Crippen LogP contribution is -2.06. The van der Waals surface area contributed by atoms with E-state index in [1.165, 1.54) is 0 Å². The van der Waals surface area contributed by atoms with E-state index in [0.717, 1.165) is 6.17 Å². The Balaban J connectivity index is 2.56. The topological polar surface area (TPSA) is 9.23 Å². The Kier molecular flexibility index (Phi) is 3.09. The van der Waals surface area contributed by atoms with E-state index in [1.807, 2.05) is 0 Å². The molecule has 0 bridgehead atoms. The summed E-state index contributed by atoms with van der Waals surface area (Å²) in [5.41, 5.74) is 0. The highest BCUT2D eigenvalue weighted by molar-refractivity contribution is 5.21. The van der Waals surface area contributed by atoms with Gasteiger partial charge >= 0.3 is 6.36 Å². The first kappa shape index (κ1) is 8.54. The minimum atomic E-state index is -1.91. The van der Waals surface area contributed by atoms with E-state index in [9.17, 15) is 8.78 Å². The zero-order valence-corrected chi connectivity index (χ0v) is 6.13. The molecule has 0 fully saturated rings. The Morgan fingerprint density at radius 1 is 1.25 bits per heavy atom. The van der Waals surface area contributed by atoms with Crippen LogP contribution in [-0.4, -0.2) is 6.36 Å². The molecule has 3 heteroatoms. The monoisotopic (exact) mass is 168 g/mol. The van der Waals surface area contributed by atoms with Crippen molar-refractivity contribution < 1.29 is 13.5 Å². The summed E-state index contributed by atoms with van der Waals surface area (Å²) < 4.78 is 28.3. The summed E-state index contributed by atoms with van der Waals surface area (Å²) in [5, 5.41) is 0. The fraction of sp³-hybridized carbons (Fsp3) is 0.111. The van der Waals surface area contributed by atoms with E-state index in [4.69, 9.17) is 0 Å². The van der Waals surface area contributed by atoms with Crippen LogP contribution < -0.4 is 4.74 Å². The maximum Gasteiger partial charge on any atom is 0.303 e. The molecule has 0 aliphatic carbocycles. The van der Waals surface area contributed by atoms with Gasteiger partial charge in [-0.15, -0.1) is 4.39 Å². The van der Waals surface area contributed by atoms with Gasteiger partial charge in [0.2, 0.25) is 0 Å². The fourth-order valence-corrected chi connectivity index (χ4v) is 0.691. The van der Waals surface area contributed by atoms with E-state index < -0.39 is 6.36 Å². The van der Waals surface area contributed by atoms with Crippen LogP contribution in [0, 0.1) is 12.1 Å². The van der Waals surface area contributed by atoms with Crippen LogP contribution in [0.1, 0.15) is 0 Å². The third-order valence-corrected chi connectivity index (χ3v) is 1.15. The Hall–Kier alpha value is -1.56. The first-order valence-corrected chi connectivity index (χ1v) is 3.30. The SMILES string of the molecule is FC#CC(F)Oc1ccccc1. The van der Waals surface area contributed by atoms with Gasteiger partial charge in [0.05, 0.1) is 0 Å². The molecular formula is C9H6F2O. The van der Waals surface area contributed by atoms with Crippen molar-refractivity contribution in [3.8, 4) is 17.8 Å². The van der Waals surface area contributed by atoms with Gasteiger partial charge in [0.1, 0.15) is 11.9 Å². The maximum absolute atomic E-state index is 12.5. The molecule has 1 aromatic rings. The van der Waals surface area contributed by atoms with Crippen LogP contribution in [0.5, 0.6) is 5.75 Å². The lowest BCUT2D eigenvalue weighted by atomic mass is 10.3. The smallest absolute Gasteiger partial charge is 0.303 e. The number of halogens is 2. The minimum absolute atomic E-state index is 0.327. The van der Waals surface area contributed by atoms with E-state index in [2.05, 4.69) is 4.74 Å². The summed E-state index contributed by atoms with van der Waals surface area (Å²) in [6, 6.07) is 8.26. The molecule has 12 heavy (non-hydrogen) atoms. The summed E-state index contributed by atoms with van der Waals surface area (Å²) >= 11 is 0. The molecule has 1 rings (SSSR count). The molecule has 1 unspecified atom stereocenters. The summed E-state index contributed by atoms with van der Waals surface area (Å²) in [5.74, 6) is 1.92. The van der Waals surface area contributed by atoms with E-state index >= 15 is 0 Å². The van der Waals surface area contributed by atoms with Crippen molar-refractivity contribution in [2.24, 2.45) is 0 Å². The van der Waals surface area contributed by atoms with Crippen molar-refractivity contribution in [3.05, 3.63) is 30.3 Å². The third-order valence-electron chi connectivity index (χ3n) is 1.15. The molecule has 0 aliphatic heterocycles. The molecule has 0 aliphatic rings. The Morgan fingerprint density at radius 2 is 1.92 bits per heavy atom. The van der Waals surface area contributed by atoms with Crippen LogP contribution in [0.3, 0.4) is 0 Å². The molecule has 0 radical (unpaired) electrons. The number of ether oxygens (including phenoxy) is 1. The standard InChI is InChI=1S/C9H6F2O/c10-7-6-9(11)12-8-4-2-1-3-5-8/h1-5,9H. The lowest BCUT2D eigenvalue weighted by Gasteiger charge is -2.03. The van der Waals surface area contributed by atoms with Crippen molar-refractivity contribution in [1.82, 2.24) is 0 Å². The normalized spacial score (nSPS) is 11.2. The Bertz CT molecular complexity index is 286. The highest BCUT2D eigenvalue weighted by atomic mass is 19.1. The van der Waals surface area contributed by atoms with Crippen LogP contribution >= 0.6 is 0 Å². The molecule has 1 atom stereocenters. The molecule has 0 N–H and O–H groups in total. The van der Waals surface area contributed by atoms with Crippen molar-refractivity contribution >= 4 is 0 Å². The molecule has 62 valence electrons. The largest absolute Gasteiger partial charge is 0.449 e. The summed E-state index contributed by atoms with van der Waals surface area (Å²) in [7, 11) is 0. The third kappa shape index (κ3) is 2.59. The maximum atomic E-state index is 12.5. The average molecular weight is 168 g/mol. The second-order valence-electron chi connectivity index (χ2n) is 1.99. The molecule has 0 amide bonds. The second kappa shape index (κ2) is 4.35. The predicted molar refractivity (Wildman–Crippen MR) is 40.9 cm³/mol. The second-order valence-corrected chi connectivity index (χ2v) is 1.99. The van der Waals surface area contributed by atoms with Gasteiger partial charge in [0.15, 0.2) is 0 Å². The number of rotatable bonds is 2. The van der Waals surface area contributed by atoms with Crippen LogP contribution in [0.2, 0.25) is 0 Å². The van der Waals surface area contributed by atoms with Crippen molar-refractivity contribution in [2.45, 2.75) is 6.36 Å². The quantitative estimate of drug-likeness (QED) is 0.615.